The van der Waals surface area contributed by atoms with Gasteiger partial charge in [0.25, 0.3) is 0 Å². The summed E-state index contributed by atoms with van der Waals surface area (Å²) in [6.07, 6.45) is 6.67. The van der Waals surface area contributed by atoms with Crippen molar-refractivity contribution in [3.8, 4) is 0 Å². The smallest absolute Gasteiger partial charge is 0.327 e. The Kier molecular flexibility index (Phi) is 3.53. The Hall–Kier alpha value is -0.970. The molecule has 0 aromatic rings. The Labute approximate surface area is 98.7 Å². The van der Waals surface area contributed by atoms with Gasteiger partial charge in [-0.3, -0.25) is 4.79 Å². The van der Waals surface area contributed by atoms with Crippen molar-refractivity contribution in [1.82, 2.24) is 4.90 Å². The number of aliphatic carboxylic acids is 1. The maximum atomic E-state index is 11.9. The van der Waals surface area contributed by atoms with Gasteiger partial charge in [0.2, 0.25) is 5.91 Å². The third kappa shape index (κ3) is 2.40. The van der Waals surface area contributed by atoms with Gasteiger partial charge < -0.3 is 10.0 Å². The Morgan fingerprint density at radius 3 is 2.94 bits per heavy atom. The Balaban J connectivity index is 1.92. The Bertz CT molecular complexity index is 329. The zero-order valence-electron chi connectivity index (χ0n) is 8.96. The highest BCUT2D eigenvalue weighted by molar-refractivity contribution is 7.99. The lowest BCUT2D eigenvalue weighted by Crippen LogP contribution is -2.42. The summed E-state index contributed by atoms with van der Waals surface area (Å²) in [5.41, 5.74) is 0. The minimum Gasteiger partial charge on any atom is -0.480 e. The van der Waals surface area contributed by atoms with Crippen LogP contribution in [-0.4, -0.2) is 39.6 Å². The summed E-state index contributed by atoms with van der Waals surface area (Å²) in [7, 11) is 0. The molecule has 0 aromatic carbocycles. The summed E-state index contributed by atoms with van der Waals surface area (Å²) in [5.74, 6) is 0.440. The molecule has 1 saturated heterocycles. The summed E-state index contributed by atoms with van der Waals surface area (Å²) in [4.78, 5) is 24.4. The second-order valence-electron chi connectivity index (χ2n) is 4.19. The van der Waals surface area contributed by atoms with Crippen molar-refractivity contribution >= 4 is 23.6 Å². The van der Waals surface area contributed by atoms with E-state index in [-0.39, 0.29) is 5.91 Å². The third-order valence-corrected chi connectivity index (χ3v) is 4.05. The highest BCUT2D eigenvalue weighted by atomic mass is 32.2. The van der Waals surface area contributed by atoms with Crippen LogP contribution in [0.2, 0.25) is 0 Å². The highest BCUT2D eigenvalue weighted by Crippen LogP contribution is 2.26. The molecule has 1 N–H and O–H groups in total. The van der Waals surface area contributed by atoms with Crippen molar-refractivity contribution < 1.29 is 14.7 Å². The van der Waals surface area contributed by atoms with E-state index in [4.69, 9.17) is 5.11 Å². The van der Waals surface area contributed by atoms with E-state index in [0.717, 1.165) is 12.8 Å². The Morgan fingerprint density at radius 1 is 1.50 bits per heavy atom. The summed E-state index contributed by atoms with van der Waals surface area (Å²) in [6, 6.07) is -0.622. The van der Waals surface area contributed by atoms with Crippen molar-refractivity contribution in [2.75, 3.05) is 11.6 Å². The van der Waals surface area contributed by atoms with Crippen LogP contribution in [0.15, 0.2) is 12.2 Å². The van der Waals surface area contributed by atoms with Crippen molar-refractivity contribution in [3.05, 3.63) is 12.2 Å². The summed E-state index contributed by atoms with van der Waals surface area (Å²) >= 11 is 1.51. The molecule has 1 aliphatic carbocycles. The fraction of sp³-hybridized carbons (Fsp3) is 0.636. The number of allylic oxidation sites excluding steroid dienone is 2. The SMILES string of the molecule is O=C(O)C1CSCN1C(=O)CC1C=CCC1. The summed E-state index contributed by atoms with van der Waals surface area (Å²) in [5, 5.41) is 8.97. The number of carboxylic acids is 1. The molecule has 5 heteroatoms. The van der Waals surface area contributed by atoms with Crippen molar-refractivity contribution in [2.45, 2.75) is 25.3 Å². The van der Waals surface area contributed by atoms with Crippen LogP contribution in [0.5, 0.6) is 0 Å². The van der Waals surface area contributed by atoms with Crippen LogP contribution in [0.4, 0.5) is 0 Å². The van der Waals surface area contributed by atoms with Crippen molar-refractivity contribution in [2.24, 2.45) is 5.92 Å². The van der Waals surface area contributed by atoms with Gasteiger partial charge in [-0.15, -0.1) is 11.8 Å². The first kappa shape index (κ1) is 11.5. The maximum Gasteiger partial charge on any atom is 0.327 e. The van der Waals surface area contributed by atoms with Gasteiger partial charge in [-0.1, -0.05) is 12.2 Å². The molecule has 1 fully saturated rings. The fourth-order valence-corrected chi connectivity index (χ4v) is 3.27. The van der Waals surface area contributed by atoms with E-state index in [2.05, 4.69) is 12.2 Å². The first-order valence-electron chi connectivity index (χ1n) is 5.45. The zero-order valence-corrected chi connectivity index (χ0v) is 9.78. The molecule has 2 aliphatic rings. The quantitative estimate of drug-likeness (QED) is 0.757. The first-order chi connectivity index (χ1) is 7.68. The van der Waals surface area contributed by atoms with E-state index in [1.165, 1.54) is 16.7 Å². The fourth-order valence-electron chi connectivity index (χ4n) is 2.10. The molecule has 4 nitrogen and oxygen atoms in total. The molecule has 2 rings (SSSR count). The predicted octanol–water partition coefficient (Wildman–Crippen LogP) is 1.33. The molecular weight excluding hydrogens is 226 g/mol. The molecule has 1 heterocycles. The van der Waals surface area contributed by atoms with Gasteiger partial charge >= 0.3 is 5.97 Å². The van der Waals surface area contributed by atoms with Gasteiger partial charge in [-0.25, -0.2) is 4.79 Å². The van der Waals surface area contributed by atoms with Crippen LogP contribution in [0, 0.1) is 5.92 Å². The van der Waals surface area contributed by atoms with E-state index in [9.17, 15) is 9.59 Å². The molecule has 0 aromatic heterocycles. The monoisotopic (exact) mass is 241 g/mol. The normalized spacial score (nSPS) is 28.6. The van der Waals surface area contributed by atoms with Gasteiger partial charge in [0, 0.05) is 12.2 Å². The molecule has 1 amide bonds. The van der Waals surface area contributed by atoms with E-state index < -0.39 is 12.0 Å². The van der Waals surface area contributed by atoms with Crippen LogP contribution in [-0.2, 0) is 9.59 Å². The number of nitrogens with zero attached hydrogens (tertiary/aromatic N) is 1. The molecule has 16 heavy (non-hydrogen) atoms. The second-order valence-corrected chi connectivity index (χ2v) is 5.19. The van der Waals surface area contributed by atoms with Crippen LogP contribution < -0.4 is 0 Å². The van der Waals surface area contributed by atoms with Crippen LogP contribution in [0.25, 0.3) is 0 Å². The van der Waals surface area contributed by atoms with Crippen LogP contribution >= 0.6 is 11.8 Å². The minimum atomic E-state index is -0.889. The summed E-state index contributed by atoms with van der Waals surface area (Å²) < 4.78 is 0. The highest BCUT2D eigenvalue weighted by Gasteiger charge is 2.34. The maximum absolute atomic E-state index is 11.9. The van der Waals surface area contributed by atoms with Gasteiger partial charge in [0.15, 0.2) is 0 Å². The lowest BCUT2D eigenvalue weighted by atomic mass is 10.0. The molecule has 88 valence electrons. The largest absolute Gasteiger partial charge is 0.480 e. The molecule has 1 aliphatic heterocycles. The van der Waals surface area contributed by atoms with Crippen LogP contribution in [0.3, 0.4) is 0 Å². The average molecular weight is 241 g/mol. The summed E-state index contributed by atoms with van der Waals surface area (Å²) in [6.45, 7) is 0. The third-order valence-electron chi connectivity index (χ3n) is 3.04. The van der Waals surface area contributed by atoms with Gasteiger partial charge in [-0.05, 0) is 18.8 Å². The molecule has 0 bridgehead atoms. The number of rotatable bonds is 3. The van der Waals surface area contributed by atoms with Crippen molar-refractivity contribution in [3.63, 3.8) is 0 Å². The number of carboxylic acid groups (broad SMARTS) is 1. The number of amides is 1. The van der Waals surface area contributed by atoms with E-state index in [1.54, 1.807) is 0 Å². The first-order valence-corrected chi connectivity index (χ1v) is 6.60. The molecule has 2 unspecified atom stereocenters. The molecule has 0 radical (unpaired) electrons. The van der Waals surface area contributed by atoms with Gasteiger partial charge in [-0.2, -0.15) is 0 Å². The van der Waals surface area contributed by atoms with Gasteiger partial charge in [0.05, 0.1) is 5.88 Å². The average Bonchev–Trinajstić information content (AvgIpc) is 2.86. The minimum absolute atomic E-state index is 0.0195. The molecule has 0 saturated carbocycles. The van der Waals surface area contributed by atoms with Crippen molar-refractivity contribution in [1.29, 1.82) is 0 Å². The number of hydrogen-bond acceptors (Lipinski definition) is 3. The number of carbonyl (C=O) groups excluding carboxylic acids is 1. The Morgan fingerprint density at radius 2 is 2.31 bits per heavy atom. The lowest BCUT2D eigenvalue weighted by molar-refractivity contribution is -0.148. The standard InChI is InChI=1S/C11H15NO3S/c13-10(5-8-3-1-2-4-8)12-7-16-6-9(12)11(14)15/h1,3,8-9H,2,4-7H2,(H,14,15). The van der Waals surface area contributed by atoms with E-state index in [0.29, 0.717) is 24.0 Å². The zero-order chi connectivity index (χ0) is 11.5. The predicted molar refractivity (Wildman–Crippen MR) is 62.1 cm³/mol. The van der Waals surface area contributed by atoms with E-state index >= 15 is 0 Å². The number of hydrogen-bond donors (Lipinski definition) is 1. The topological polar surface area (TPSA) is 57.6 Å². The molecule has 2 atom stereocenters. The number of thioether (sulfide) groups is 1. The van der Waals surface area contributed by atoms with Crippen LogP contribution in [0.1, 0.15) is 19.3 Å². The van der Waals surface area contributed by atoms with Gasteiger partial charge in [0.1, 0.15) is 6.04 Å². The second kappa shape index (κ2) is 4.91. The molecule has 0 spiro atoms. The number of carbonyl (C=O) groups is 2. The van der Waals surface area contributed by atoms with E-state index in [1.807, 2.05) is 0 Å². The molecular formula is C11H15NO3S. The lowest BCUT2D eigenvalue weighted by Gasteiger charge is -2.21.